The van der Waals surface area contributed by atoms with Crippen LogP contribution >= 0.6 is 15.9 Å². The van der Waals surface area contributed by atoms with Gasteiger partial charge in [0.25, 0.3) is 0 Å². The van der Waals surface area contributed by atoms with Crippen molar-refractivity contribution in [3.8, 4) is 0 Å². The maximum Gasteiger partial charge on any atom is 0.202 e. The predicted octanol–water partition coefficient (Wildman–Crippen LogP) is 3.97. The highest BCUT2D eigenvalue weighted by atomic mass is 79.9. The van der Waals surface area contributed by atoms with Gasteiger partial charge in [-0.25, -0.2) is 9.37 Å². The second-order valence-corrected chi connectivity index (χ2v) is 8.78. The molecule has 1 aliphatic rings. The van der Waals surface area contributed by atoms with E-state index in [1.807, 2.05) is 43.1 Å². The standard InChI is InChI=1S/C24H24BrFN4O2/c1-3-29-15-19(21(31)9-6-16-4-7-17(25)8-5-16)22(32)18-14-20(26)24(27-23(18)29)30-12-10-28(2)11-13-30/h4-9,14-15H,3,10-13H2,1-2H3. The van der Waals surface area contributed by atoms with Crippen LogP contribution < -0.4 is 10.3 Å². The minimum Gasteiger partial charge on any atom is -0.352 e. The maximum atomic E-state index is 15.0. The molecule has 2 aromatic heterocycles. The van der Waals surface area contributed by atoms with Crippen LogP contribution in [0.25, 0.3) is 17.1 Å². The molecule has 0 saturated carbocycles. The van der Waals surface area contributed by atoms with Gasteiger partial charge in [-0.05, 0) is 43.8 Å². The molecule has 0 aliphatic carbocycles. The van der Waals surface area contributed by atoms with Gasteiger partial charge in [-0.15, -0.1) is 0 Å². The van der Waals surface area contributed by atoms with Gasteiger partial charge in [-0.3, -0.25) is 9.59 Å². The molecule has 32 heavy (non-hydrogen) atoms. The fourth-order valence-corrected chi connectivity index (χ4v) is 4.03. The largest absolute Gasteiger partial charge is 0.352 e. The third-order valence-corrected chi connectivity index (χ3v) is 6.22. The Morgan fingerprint density at radius 2 is 1.88 bits per heavy atom. The molecule has 0 radical (unpaired) electrons. The van der Waals surface area contributed by atoms with Crippen molar-refractivity contribution >= 4 is 44.6 Å². The van der Waals surface area contributed by atoms with E-state index in [0.717, 1.165) is 23.1 Å². The van der Waals surface area contributed by atoms with Crippen LogP contribution in [0.4, 0.5) is 10.2 Å². The van der Waals surface area contributed by atoms with Crippen molar-refractivity contribution in [2.75, 3.05) is 38.1 Å². The molecule has 0 unspecified atom stereocenters. The Labute approximate surface area is 194 Å². The molecule has 0 bridgehead atoms. The highest BCUT2D eigenvalue weighted by Crippen LogP contribution is 2.23. The first kappa shape index (κ1) is 22.4. The van der Waals surface area contributed by atoms with Crippen molar-refractivity contribution < 1.29 is 9.18 Å². The second kappa shape index (κ2) is 9.34. The van der Waals surface area contributed by atoms with Crippen LogP contribution in [-0.2, 0) is 6.54 Å². The number of piperazine rings is 1. The summed E-state index contributed by atoms with van der Waals surface area (Å²) in [5.74, 6) is -0.719. The number of pyridine rings is 2. The van der Waals surface area contributed by atoms with Gasteiger partial charge in [0, 0.05) is 43.4 Å². The number of halogens is 2. The molecule has 1 aromatic carbocycles. The highest BCUT2D eigenvalue weighted by molar-refractivity contribution is 9.10. The first-order chi connectivity index (χ1) is 15.4. The van der Waals surface area contributed by atoms with Crippen LogP contribution in [0, 0.1) is 5.82 Å². The summed E-state index contributed by atoms with van der Waals surface area (Å²) in [6, 6.07) is 8.68. The third-order valence-electron chi connectivity index (χ3n) is 5.69. The third kappa shape index (κ3) is 4.52. The van der Waals surface area contributed by atoms with E-state index in [1.54, 1.807) is 10.6 Å². The van der Waals surface area contributed by atoms with Crippen molar-refractivity contribution in [2.24, 2.45) is 0 Å². The number of aromatic nitrogens is 2. The fraction of sp³-hybridized carbons (Fsp3) is 0.292. The minimum absolute atomic E-state index is 0.00117. The Bertz CT molecular complexity index is 1250. The van der Waals surface area contributed by atoms with Crippen LogP contribution in [0.5, 0.6) is 0 Å². The van der Waals surface area contributed by atoms with Crippen molar-refractivity contribution in [2.45, 2.75) is 13.5 Å². The molecule has 3 heterocycles. The number of carbonyl (C=O) groups is 1. The van der Waals surface area contributed by atoms with Crippen LogP contribution in [0.1, 0.15) is 22.8 Å². The van der Waals surface area contributed by atoms with Gasteiger partial charge in [0.05, 0.1) is 10.9 Å². The van der Waals surface area contributed by atoms with Crippen LogP contribution in [0.3, 0.4) is 0 Å². The fourth-order valence-electron chi connectivity index (χ4n) is 3.77. The molecular formula is C24H24BrFN4O2. The lowest BCUT2D eigenvalue weighted by molar-refractivity contribution is 0.104. The van der Waals surface area contributed by atoms with Gasteiger partial charge in [-0.1, -0.05) is 34.1 Å². The van der Waals surface area contributed by atoms with Crippen molar-refractivity contribution in [1.82, 2.24) is 14.5 Å². The number of benzene rings is 1. The molecule has 1 aliphatic heterocycles. The SMILES string of the molecule is CCn1cc(C(=O)C=Cc2ccc(Br)cc2)c(=O)c2cc(F)c(N3CCN(C)CC3)nc21. The average Bonchev–Trinajstić information content (AvgIpc) is 2.79. The summed E-state index contributed by atoms with van der Waals surface area (Å²) in [6.07, 6.45) is 4.55. The number of hydrogen-bond acceptors (Lipinski definition) is 5. The smallest absolute Gasteiger partial charge is 0.202 e. The monoisotopic (exact) mass is 498 g/mol. The zero-order valence-corrected chi connectivity index (χ0v) is 19.6. The number of nitrogens with zero attached hydrogens (tertiary/aromatic N) is 4. The van der Waals surface area contributed by atoms with Crippen molar-refractivity contribution in [1.29, 1.82) is 0 Å². The molecule has 4 rings (SSSR count). The summed E-state index contributed by atoms with van der Waals surface area (Å²) < 4.78 is 17.7. The number of aryl methyl sites for hydroxylation is 1. The summed E-state index contributed by atoms with van der Waals surface area (Å²) in [4.78, 5) is 34.5. The Hall–Kier alpha value is -2.84. The van der Waals surface area contributed by atoms with Crippen LogP contribution in [-0.4, -0.2) is 53.5 Å². The Kier molecular flexibility index (Phi) is 6.53. The van der Waals surface area contributed by atoms with E-state index in [0.29, 0.717) is 25.3 Å². The summed E-state index contributed by atoms with van der Waals surface area (Å²) in [7, 11) is 2.03. The lowest BCUT2D eigenvalue weighted by Crippen LogP contribution is -2.45. The molecule has 0 spiro atoms. The number of ketones is 1. The van der Waals surface area contributed by atoms with E-state index in [1.165, 1.54) is 18.3 Å². The number of anilines is 1. The Balaban J connectivity index is 1.73. The molecule has 6 nitrogen and oxygen atoms in total. The van der Waals surface area contributed by atoms with Gasteiger partial charge >= 0.3 is 0 Å². The molecular weight excluding hydrogens is 475 g/mol. The normalized spacial score (nSPS) is 15.1. The van der Waals surface area contributed by atoms with E-state index < -0.39 is 17.0 Å². The summed E-state index contributed by atoms with van der Waals surface area (Å²) in [6.45, 7) is 5.36. The maximum absolute atomic E-state index is 15.0. The van der Waals surface area contributed by atoms with E-state index in [-0.39, 0.29) is 16.8 Å². The molecule has 1 saturated heterocycles. The van der Waals surface area contributed by atoms with Gasteiger partial charge < -0.3 is 14.4 Å². The molecule has 0 atom stereocenters. The predicted molar refractivity (Wildman–Crippen MR) is 129 cm³/mol. The summed E-state index contributed by atoms with van der Waals surface area (Å²) in [5, 5.41) is 0.116. The number of likely N-dealkylation sites (N-methyl/N-ethyl adjacent to an activating group) is 1. The van der Waals surface area contributed by atoms with E-state index in [4.69, 9.17) is 0 Å². The number of fused-ring (bicyclic) bond motifs is 1. The quantitative estimate of drug-likeness (QED) is 0.393. The molecule has 0 amide bonds. The van der Waals surface area contributed by atoms with E-state index in [2.05, 4.69) is 25.8 Å². The van der Waals surface area contributed by atoms with Crippen molar-refractivity contribution in [3.05, 3.63) is 74.2 Å². The van der Waals surface area contributed by atoms with Crippen LogP contribution in [0.15, 0.2) is 51.9 Å². The molecule has 1 fully saturated rings. The molecule has 8 heteroatoms. The van der Waals surface area contributed by atoms with Gasteiger partial charge in [0.1, 0.15) is 5.65 Å². The van der Waals surface area contributed by atoms with Gasteiger partial charge in [0.15, 0.2) is 17.4 Å². The van der Waals surface area contributed by atoms with Crippen LogP contribution in [0.2, 0.25) is 0 Å². The van der Waals surface area contributed by atoms with Gasteiger partial charge in [0.2, 0.25) is 5.43 Å². The molecule has 0 N–H and O–H groups in total. The summed E-state index contributed by atoms with van der Waals surface area (Å²) >= 11 is 3.37. The van der Waals surface area contributed by atoms with Crippen molar-refractivity contribution in [3.63, 3.8) is 0 Å². The lowest BCUT2D eigenvalue weighted by atomic mass is 10.1. The first-order valence-corrected chi connectivity index (χ1v) is 11.3. The number of hydrogen-bond donors (Lipinski definition) is 0. The Morgan fingerprint density at radius 3 is 2.53 bits per heavy atom. The first-order valence-electron chi connectivity index (χ1n) is 10.5. The Morgan fingerprint density at radius 1 is 1.19 bits per heavy atom. The second-order valence-electron chi connectivity index (χ2n) is 7.86. The highest BCUT2D eigenvalue weighted by Gasteiger charge is 2.22. The van der Waals surface area contributed by atoms with E-state index >= 15 is 0 Å². The van der Waals surface area contributed by atoms with E-state index in [9.17, 15) is 14.0 Å². The molecule has 166 valence electrons. The number of carbonyl (C=O) groups excluding carboxylic acids is 1. The molecule has 3 aromatic rings. The zero-order chi connectivity index (χ0) is 22.8. The average molecular weight is 499 g/mol. The summed E-state index contributed by atoms with van der Waals surface area (Å²) in [5.41, 5.74) is 0.719. The number of rotatable bonds is 5. The van der Waals surface area contributed by atoms with Gasteiger partial charge in [-0.2, -0.15) is 0 Å². The zero-order valence-electron chi connectivity index (χ0n) is 18.0. The lowest BCUT2D eigenvalue weighted by Gasteiger charge is -2.33. The minimum atomic E-state index is -0.545. The topological polar surface area (TPSA) is 58.4 Å². The number of allylic oxidation sites excluding steroid dienone is 1.